The van der Waals surface area contributed by atoms with Crippen LogP contribution >= 0.6 is 0 Å². The van der Waals surface area contributed by atoms with Crippen LogP contribution in [0.5, 0.6) is 5.75 Å². The lowest BCUT2D eigenvalue weighted by atomic mass is 10.2. The maximum atomic E-state index is 5.94. The Hall–Kier alpha value is -1.28. The third kappa shape index (κ3) is 6.76. The van der Waals surface area contributed by atoms with Gasteiger partial charge in [0.05, 0.1) is 6.61 Å². The summed E-state index contributed by atoms with van der Waals surface area (Å²) in [5.74, 6) is 0.868. The monoisotopic (exact) mass is 276 g/mol. The quantitative estimate of drug-likeness (QED) is 0.396. The van der Waals surface area contributed by atoms with E-state index < -0.39 is 0 Å². The second-order valence-corrected chi connectivity index (χ2v) is 5.04. The average molecular weight is 276 g/mol. The van der Waals surface area contributed by atoms with E-state index in [0.29, 0.717) is 0 Å². The van der Waals surface area contributed by atoms with Gasteiger partial charge in [-0.2, -0.15) is 0 Å². The van der Waals surface area contributed by atoms with E-state index in [9.17, 15) is 0 Å². The van der Waals surface area contributed by atoms with Gasteiger partial charge in [-0.1, -0.05) is 57.9 Å². The van der Waals surface area contributed by atoms with Gasteiger partial charge in [0, 0.05) is 6.42 Å². The molecular weight excluding hydrogens is 248 g/mol. The van der Waals surface area contributed by atoms with Crippen molar-refractivity contribution in [2.75, 3.05) is 6.61 Å². The number of ether oxygens (including phenoxy) is 2. The van der Waals surface area contributed by atoms with Gasteiger partial charge in [0.2, 0.25) is 0 Å². The fourth-order valence-corrected chi connectivity index (χ4v) is 1.95. The van der Waals surface area contributed by atoms with Crippen molar-refractivity contribution in [1.82, 2.24) is 0 Å². The molecule has 1 unspecified atom stereocenters. The van der Waals surface area contributed by atoms with Gasteiger partial charge in [0.1, 0.15) is 5.75 Å². The highest BCUT2D eigenvalue weighted by molar-refractivity contribution is 5.48. The van der Waals surface area contributed by atoms with Crippen molar-refractivity contribution in [3.05, 3.63) is 36.4 Å². The van der Waals surface area contributed by atoms with E-state index in [1.165, 1.54) is 12.8 Å². The van der Waals surface area contributed by atoms with Gasteiger partial charge in [-0.05, 0) is 30.5 Å². The zero-order valence-electron chi connectivity index (χ0n) is 12.9. The average Bonchev–Trinajstić information content (AvgIpc) is 2.49. The van der Waals surface area contributed by atoms with Gasteiger partial charge >= 0.3 is 0 Å². The Balaban J connectivity index is 2.46. The van der Waals surface area contributed by atoms with Crippen molar-refractivity contribution in [3.8, 4) is 5.75 Å². The topological polar surface area (TPSA) is 18.5 Å². The lowest BCUT2D eigenvalue weighted by molar-refractivity contribution is -0.0863. The zero-order valence-corrected chi connectivity index (χ0v) is 12.9. The maximum absolute atomic E-state index is 5.94. The van der Waals surface area contributed by atoms with Gasteiger partial charge < -0.3 is 9.47 Å². The molecule has 20 heavy (non-hydrogen) atoms. The van der Waals surface area contributed by atoms with Crippen molar-refractivity contribution >= 4 is 6.08 Å². The Bertz CT molecular complexity index is 356. The molecule has 0 heterocycles. The molecular formula is C18H28O2. The molecule has 0 saturated carbocycles. The molecule has 0 aliphatic carbocycles. The predicted octanol–water partition coefficient (Wildman–Crippen LogP) is 5.43. The molecule has 2 nitrogen and oxygen atoms in total. The van der Waals surface area contributed by atoms with Crippen LogP contribution in [0.25, 0.3) is 6.08 Å². The highest BCUT2D eigenvalue weighted by Crippen LogP contribution is 2.17. The predicted molar refractivity (Wildman–Crippen MR) is 86.0 cm³/mol. The molecule has 112 valence electrons. The maximum Gasteiger partial charge on any atom is 0.199 e. The van der Waals surface area contributed by atoms with Crippen LogP contribution in [0.2, 0.25) is 0 Å². The molecule has 0 aliphatic heterocycles. The van der Waals surface area contributed by atoms with Crippen LogP contribution in [0.15, 0.2) is 30.8 Å². The van der Waals surface area contributed by atoms with Crippen LogP contribution in [0.1, 0.15) is 57.9 Å². The first kappa shape index (κ1) is 16.8. The number of benzene rings is 1. The third-order valence-corrected chi connectivity index (χ3v) is 3.23. The second kappa shape index (κ2) is 10.5. The SMILES string of the molecule is C=Cc1ccc(OC(CCCC)OCCCCC)cc1. The number of hydrogen-bond donors (Lipinski definition) is 0. The molecule has 0 fully saturated rings. The lowest BCUT2D eigenvalue weighted by Crippen LogP contribution is -2.21. The summed E-state index contributed by atoms with van der Waals surface area (Å²) >= 11 is 0. The van der Waals surface area contributed by atoms with Crippen molar-refractivity contribution in [1.29, 1.82) is 0 Å². The fraction of sp³-hybridized carbons (Fsp3) is 0.556. The van der Waals surface area contributed by atoms with Gasteiger partial charge in [0.25, 0.3) is 0 Å². The van der Waals surface area contributed by atoms with Gasteiger partial charge in [-0.25, -0.2) is 0 Å². The molecule has 0 spiro atoms. The van der Waals surface area contributed by atoms with Crippen LogP contribution in [-0.2, 0) is 4.74 Å². The molecule has 2 heteroatoms. The molecule has 0 bridgehead atoms. The minimum Gasteiger partial charge on any atom is -0.465 e. The molecule has 0 radical (unpaired) electrons. The molecule has 0 aromatic heterocycles. The first-order chi connectivity index (χ1) is 9.80. The van der Waals surface area contributed by atoms with Crippen molar-refractivity contribution in [2.24, 2.45) is 0 Å². The summed E-state index contributed by atoms with van der Waals surface area (Å²) in [5, 5.41) is 0. The van der Waals surface area contributed by atoms with Crippen molar-refractivity contribution in [3.63, 3.8) is 0 Å². The van der Waals surface area contributed by atoms with E-state index in [-0.39, 0.29) is 6.29 Å². The molecule has 0 aliphatic rings. The van der Waals surface area contributed by atoms with E-state index in [1.54, 1.807) is 0 Å². The van der Waals surface area contributed by atoms with E-state index in [0.717, 1.165) is 43.6 Å². The molecule has 1 rings (SSSR count). The van der Waals surface area contributed by atoms with E-state index in [4.69, 9.17) is 9.47 Å². The summed E-state index contributed by atoms with van der Waals surface area (Å²) in [7, 11) is 0. The highest BCUT2D eigenvalue weighted by Gasteiger charge is 2.10. The largest absolute Gasteiger partial charge is 0.465 e. The summed E-state index contributed by atoms with van der Waals surface area (Å²) < 4.78 is 11.8. The first-order valence-corrected chi connectivity index (χ1v) is 7.80. The summed E-state index contributed by atoms with van der Waals surface area (Å²) in [5.41, 5.74) is 1.10. The summed E-state index contributed by atoms with van der Waals surface area (Å²) in [4.78, 5) is 0. The number of rotatable bonds is 11. The fourth-order valence-electron chi connectivity index (χ4n) is 1.95. The first-order valence-electron chi connectivity index (χ1n) is 7.80. The lowest BCUT2D eigenvalue weighted by Gasteiger charge is -2.19. The second-order valence-electron chi connectivity index (χ2n) is 5.04. The van der Waals surface area contributed by atoms with Gasteiger partial charge in [0.15, 0.2) is 6.29 Å². The van der Waals surface area contributed by atoms with E-state index >= 15 is 0 Å². The summed E-state index contributed by atoms with van der Waals surface area (Å²) in [6.45, 7) is 8.93. The molecule has 0 amide bonds. The van der Waals surface area contributed by atoms with Gasteiger partial charge in [-0.15, -0.1) is 0 Å². The minimum absolute atomic E-state index is 0.124. The highest BCUT2D eigenvalue weighted by atomic mass is 16.7. The molecule has 1 aromatic rings. The van der Waals surface area contributed by atoms with Crippen LogP contribution < -0.4 is 4.74 Å². The van der Waals surface area contributed by atoms with Crippen molar-refractivity contribution in [2.45, 2.75) is 58.7 Å². The Labute approximate surface area is 123 Å². The molecule has 0 saturated heterocycles. The standard InChI is InChI=1S/C18H28O2/c1-4-7-9-15-19-18(10-8-5-2)20-17-13-11-16(6-3)12-14-17/h6,11-14,18H,3-5,7-10,15H2,1-2H3. The molecule has 1 atom stereocenters. The molecule has 1 aromatic carbocycles. The normalized spacial score (nSPS) is 12.1. The Morgan fingerprint density at radius 2 is 1.75 bits per heavy atom. The van der Waals surface area contributed by atoms with Crippen molar-refractivity contribution < 1.29 is 9.47 Å². The zero-order chi connectivity index (χ0) is 14.6. The van der Waals surface area contributed by atoms with Crippen LogP contribution in [0.3, 0.4) is 0 Å². The Morgan fingerprint density at radius 3 is 2.35 bits per heavy atom. The van der Waals surface area contributed by atoms with E-state index in [1.807, 2.05) is 30.3 Å². The molecule has 0 N–H and O–H groups in total. The minimum atomic E-state index is -0.124. The van der Waals surface area contributed by atoms with Gasteiger partial charge in [-0.3, -0.25) is 0 Å². The number of unbranched alkanes of at least 4 members (excludes halogenated alkanes) is 3. The number of hydrogen-bond acceptors (Lipinski definition) is 2. The van der Waals surface area contributed by atoms with Crippen LogP contribution in [-0.4, -0.2) is 12.9 Å². The Kier molecular flexibility index (Phi) is 8.81. The summed E-state index contributed by atoms with van der Waals surface area (Å²) in [6, 6.07) is 7.98. The summed E-state index contributed by atoms with van der Waals surface area (Å²) in [6.07, 6.45) is 8.49. The Morgan fingerprint density at radius 1 is 1.05 bits per heavy atom. The third-order valence-electron chi connectivity index (χ3n) is 3.23. The van der Waals surface area contributed by atoms with Crippen LogP contribution in [0.4, 0.5) is 0 Å². The van der Waals surface area contributed by atoms with Crippen LogP contribution in [0, 0.1) is 0 Å². The smallest absolute Gasteiger partial charge is 0.199 e. The van der Waals surface area contributed by atoms with E-state index in [2.05, 4.69) is 20.4 Å².